The molecule has 1 aromatic carbocycles. The minimum atomic E-state index is -0.536. The molecule has 33 heavy (non-hydrogen) atoms. The molecule has 11 heteroatoms. The van der Waals surface area contributed by atoms with Crippen molar-refractivity contribution >= 4 is 55.5 Å². The largest absolute Gasteiger partial charge is 0.326 e. The van der Waals surface area contributed by atoms with Gasteiger partial charge in [0, 0.05) is 41.4 Å². The maximum atomic E-state index is 14.4. The minimum absolute atomic E-state index is 0.0595. The van der Waals surface area contributed by atoms with Crippen molar-refractivity contribution in [1.29, 1.82) is 0 Å². The quantitative estimate of drug-likeness (QED) is 0.423. The van der Waals surface area contributed by atoms with Crippen LogP contribution in [0.5, 0.6) is 0 Å². The van der Waals surface area contributed by atoms with Gasteiger partial charge in [-0.2, -0.15) is 0 Å². The number of carbonyl (C=O) groups excluding carboxylic acids is 2. The van der Waals surface area contributed by atoms with Gasteiger partial charge in [0.2, 0.25) is 11.8 Å². The zero-order valence-electron chi connectivity index (χ0n) is 18.1. The molecule has 0 atom stereocenters. The van der Waals surface area contributed by atoms with Gasteiger partial charge in [-0.15, -0.1) is 22.7 Å². The third-order valence-corrected chi connectivity index (χ3v) is 6.92. The van der Waals surface area contributed by atoms with E-state index in [0.29, 0.717) is 26.7 Å². The van der Waals surface area contributed by atoms with E-state index in [1.54, 1.807) is 11.4 Å². The maximum absolute atomic E-state index is 14.4. The lowest BCUT2D eigenvalue weighted by Gasteiger charge is -2.06. The van der Waals surface area contributed by atoms with Crippen LogP contribution < -0.4 is 16.2 Å². The SMILES string of the molecule is CC(=O)Nc1ccc(-c2csc(NC(=O)CCn3cnc4sc(C)c(C)c4c3=O)n2)c(F)c1. The van der Waals surface area contributed by atoms with Gasteiger partial charge in [0.05, 0.1) is 17.4 Å². The summed E-state index contributed by atoms with van der Waals surface area (Å²) in [5, 5.41) is 7.76. The van der Waals surface area contributed by atoms with Crippen LogP contribution in [0.15, 0.2) is 34.7 Å². The fourth-order valence-corrected chi connectivity index (χ4v) is 5.01. The molecule has 0 aliphatic carbocycles. The first-order chi connectivity index (χ1) is 15.7. The normalized spacial score (nSPS) is 11.0. The second-order valence-electron chi connectivity index (χ2n) is 7.42. The average Bonchev–Trinajstić information content (AvgIpc) is 3.31. The van der Waals surface area contributed by atoms with E-state index >= 15 is 0 Å². The zero-order chi connectivity index (χ0) is 23.7. The van der Waals surface area contributed by atoms with Crippen LogP contribution in [0, 0.1) is 19.7 Å². The summed E-state index contributed by atoms with van der Waals surface area (Å²) in [4.78, 5) is 46.6. The first-order valence-electron chi connectivity index (χ1n) is 10.0. The predicted octanol–water partition coefficient (Wildman–Crippen LogP) is 4.32. The van der Waals surface area contributed by atoms with Crippen molar-refractivity contribution in [3.05, 3.63) is 56.5 Å². The molecule has 4 aromatic rings. The van der Waals surface area contributed by atoms with Crippen LogP contribution in [0.3, 0.4) is 0 Å². The predicted molar refractivity (Wildman–Crippen MR) is 128 cm³/mol. The molecule has 4 rings (SSSR count). The summed E-state index contributed by atoms with van der Waals surface area (Å²) in [7, 11) is 0. The molecule has 0 aliphatic rings. The van der Waals surface area contributed by atoms with Crippen LogP contribution in [0.2, 0.25) is 0 Å². The average molecular weight is 486 g/mol. The van der Waals surface area contributed by atoms with Crippen LogP contribution in [0.4, 0.5) is 15.2 Å². The van der Waals surface area contributed by atoms with E-state index in [1.807, 2.05) is 13.8 Å². The number of hydrogen-bond acceptors (Lipinski definition) is 7. The molecule has 0 bridgehead atoms. The molecule has 0 saturated heterocycles. The Labute approximate surface area is 196 Å². The minimum Gasteiger partial charge on any atom is -0.326 e. The number of halogens is 1. The first kappa shape index (κ1) is 22.7. The lowest BCUT2D eigenvalue weighted by molar-refractivity contribution is -0.116. The number of hydrogen-bond donors (Lipinski definition) is 2. The summed E-state index contributed by atoms with van der Waals surface area (Å²) in [5.74, 6) is -1.15. The summed E-state index contributed by atoms with van der Waals surface area (Å²) in [5.41, 5.74) is 1.73. The number of nitrogens with one attached hydrogen (secondary N) is 2. The van der Waals surface area contributed by atoms with Gasteiger partial charge in [-0.3, -0.25) is 19.0 Å². The van der Waals surface area contributed by atoms with Crippen molar-refractivity contribution < 1.29 is 14.0 Å². The second kappa shape index (κ2) is 9.20. The molecule has 0 unspecified atom stereocenters. The summed E-state index contributed by atoms with van der Waals surface area (Å²) in [6.45, 7) is 5.37. The van der Waals surface area contributed by atoms with Gasteiger partial charge in [-0.05, 0) is 37.6 Å². The molecule has 3 aromatic heterocycles. The van der Waals surface area contributed by atoms with Gasteiger partial charge in [0.15, 0.2) is 5.13 Å². The summed E-state index contributed by atoms with van der Waals surface area (Å²) in [6, 6.07) is 4.31. The first-order valence-corrected chi connectivity index (χ1v) is 11.7. The fraction of sp³-hybridized carbons (Fsp3) is 0.227. The number of benzene rings is 1. The highest BCUT2D eigenvalue weighted by Gasteiger charge is 2.15. The van der Waals surface area contributed by atoms with Crippen molar-refractivity contribution in [2.45, 2.75) is 33.7 Å². The zero-order valence-corrected chi connectivity index (χ0v) is 19.7. The Morgan fingerprint density at radius 3 is 2.73 bits per heavy atom. The number of fused-ring (bicyclic) bond motifs is 1. The van der Waals surface area contributed by atoms with Crippen molar-refractivity contribution in [2.75, 3.05) is 10.6 Å². The summed E-state index contributed by atoms with van der Waals surface area (Å²) < 4.78 is 15.9. The third-order valence-electron chi connectivity index (χ3n) is 5.05. The Morgan fingerprint density at radius 2 is 2.00 bits per heavy atom. The molecule has 0 fully saturated rings. The Bertz CT molecular complexity index is 1440. The molecule has 0 radical (unpaired) electrons. The molecule has 2 N–H and O–H groups in total. The highest BCUT2D eigenvalue weighted by atomic mass is 32.1. The number of thiazole rings is 1. The molecule has 170 valence electrons. The van der Waals surface area contributed by atoms with E-state index < -0.39 is 5.82 Å². The Hall–Kier alpha value is -3.44. The van der Waals surface area contributed by atoms with E-state index in [-0.39, 0.29) is 35.9 Å². The van der Waals surface area contributed by atoms with Gasteiger partial charge < -0.3 is 10.6 Å². The highest BCUT2D eigenvalue weighted by molar-refractivity contribution is 7.18. The molecule has 3 heterocycles. The van der Waals surface area contributed by atoms with Crippen molar-refractivity contribution in [1.82, 2.24) is 14.5 Å². The van der Waals surface area contributed by atoms with E-state index in [9.17, 15) is 18.8 Å². The highest BCUT2D eigenvalue weighted by Crippen LogP contribution is 2.29. The monoisotopic (exact) mass is 485 g/mol. The molecule has 0 aliphatic heterocycles. The van der Waals surface area contributed by atoms with E-state index in [1.165, 1.54) is 52.6 Å². The molecular weight excluding hydrogens is 465 g/mol. The number of carbonyl (C=O) groups is 2. The second-order valence-corrected chi connectivity index (χ2v) is 9.48. The third kappa shape index (κ3) is 4.83. The Morgan fingerprint density at radius 1 is 1.21 bits per heavy atom. The maximum Gasteiger partial charge on any atom is 0.262 e. The summed E-state index contributed by atoms with van der Waals surface area (Å²) in [6.07, 6.45) is 1.52. The van der Waals surface area contributed by atoms with Gasteiger partial charge in [-0.1, -0.05) is 0 Å². The van der Waals surface area contributed by atoms with E-state index in [0.717, 1.165) is 10.4 Å². The van der Waals surface area contributed by atoms with Crippen LogP contribution in [-0.2, 0) is 16.1 Å². The van der Waals surface area contributed by atoms with E-state index in [2.05, 4.69) is 20.6 Å². The number of aromatic nitrogens is 3. The molecule has 0 saturated carbocycles. The lowest BCUT2D eigenvalue weighted by Crippen LogP contribution is -2.23. The van der Waals surface area contributed by atoms with Crippen LogP contribution in [-0.4, -0.2) is 26.3 Å². The van der Waals surface area contributed by atoms with Crippen molar-refractivity contribution in [2.24, 2.45) is 0 Å². The van der Waals surface area contributed by atoms with Gasteiger partial charge in [0.1, 0.15) is 10.6 Å². The lowest BCUT2D eigenvalue weighted by atomic mass is 10.1. The number of aryl methyl sites for hydroxylation is 3. The molecule has 2 amide bonds. The van der Waals surface area contributed by atoms with Gasteiger partial charge >= 0.3 is 0 Å². The molecule has 8 nitrogen and oxygen atoms in total. The van der Waals surface area contributed by atoms with Crippen molar-refractivity contribution in [3.63, 3.8) is 0 Å². The fourth-order valence-electron chi connectivity index (χ4n) is 3.29. The van der Waals surface area contributed by atoms with Crippen LogP contribution in [0.1, 0.15) is 23.8 Å². The van der Waals surface area contributed by atoms with Crippen molar-refractivity contribution in [3.8, 4) is 11.3 Å². The standard InChI is InChI=1S/C22H20FN5O3S2/c1-11-12(2)33-20-19(11)21(31)28(10-24-20)7-6-18(30)27-22-26-17(9-32-22)15-5-4-14(8-16(15)23)25-13(3)29/h4-5,8-10H,6-7H2,1-3H3,(H,25,29)(H,26,27,30). The number of thiophene rings is 1. The number of rotatable bonds is 6. The molecular formula is C22H20FN5O3S2. The number of nitrogens with zero attached hydrogens (tertiary/aromatic N) is 3. The Kier molecular flexibility index (Phi) is 6.34. The number of anilines is 2. The smallest absolute Gasteiger partial charge is 0.262 e. The topological polar surface area (TPSA) is 106 Å². The number of amides is 2. The van der Waals surface area contributed by atoms with Gasteiger partial charge in [-0.25, -0.2) is 14.4 Å². The summed E-state index contributed by atoms with van der Waals surface area (Å²) >= 11 is 2.65. The van der Waals surface area contributed by atoms with Gasteiger partial charge in [0.25, 0.3) is 5.56 Å². The van der Waals surface area contributed by atoms with E-state index in [4.69, 9.17) is 0 Å². The van der Waals surface area contributed by atoms with Crippen LogP contribution >= 0.6 is 22.7 Å². The van der Waals surface area contributed by atoms with Crippen LogP contribution in [0.25, 0.3) is 21.5 Å². The molecule has 0 spiro atoms. The Balaban J connectivity index is 1.42.